The van der Waals surface area contributed by atoms with Gasteiger partial charge in [0.15, 0.2) is 0 Å². The highest BCUT2D eigenvalue weighted by Crippen LogP contribution is 2.05. The number of rotatable bonds is 2. The summed E-state index contributed by atoms with van der Waals surface area (Å²) in [7, 11) is 0. The SMILES string of the molecule is CC(=O)N1CCN(C(=O)/C=C/c2cccnc2)CC1. The van der Waals surface area contributed by atoms with Crippen LogP contribution in [0.3, 0.4) is 0 Å². The molecule has 0 saturated carbocycles. The minimum atomic E-state index is -0.0212. The lowest BCUT2D eigenvalue weighted by molar-refractivity contribution is -0.135. The van der Waals surface area contributed by atoms with Gasteiger partial charge in [0.05, 0.1) is 0 Å². The van der Waals surface area contributed by atoms with Crippen LogP contribution in [0.2, 0.25) is 0 Å². The molecule has 1 saturated heterocycles. The predicted molar refractivity (Wildman–Crippen MR) is 72.1 cm³/mol. The smallest absolute Gasteiger partial charge is 0.246 e. The second kappa shape index (κ2) is 6.13. The molecule has 100 valence electrons. The molecule has 0 bridgehead atoms. The lowest BCUT2D eigenvalue weighted by Gasteiger charge is -2.33. The van der Waals surface area contributed by atoms with Gasteiger partial charge < -0.3 is 9.80 Å². The Morgan fingerprint density at radius 3 is 2.47 bits per heavy atom. The summed E-state index contributed by atoms with van der Waals surface area (Å²) in [5.41, 5.74) is 0.901. The molecular weight excluding hydrogens is 242 g/mol. The first-order chi connectivity index (χ1) is 9.16. The van der Waals surface area contributed by atoms with Gasteiger partial charge in [0.2, 0.25) is 11.8 Å². The highest BCUT2D eigenvalue weighted by Gasteiger charge is 2.20. The Morgan fingerprint density at radius 2 is 1.89 bits per heavy atom. The summed E-state index contributed by atoms with van der Waals surface area (Å²) in [6, 6.07) is 3.72. The summed E-state index contributed by atoms with van der Waals surface area (Å²) in [5.74, 6) is 0.0463. The molecule has 5 nitrogen and oxygen atoms in total. The maximum absolute atomic E-state index is 12.0. The molecule has 0 radical (unpaired) electrons. The molecule has 1 aliphatic heterocycles. The van der Waals surface area contributed by atoms with Crippen LogP contribution in [-0.2, 0) is 9.59 Å². The Kier molecular flexibility index (Phi) is 4.28. The molecule has 2 amide bonds. The molecular formula is C14H17N3O2. The average Bonchev–Trinajstić information content (AvgIpc) is 2.46. The molecule has 5 heteroatoms. The quantitative estimate of drug-likeness (QED) is 0.738. The third kappa shape index (κ3) is 3.64. The summed E-state index contributed by atoms with van der Waals surface area (Å²) in [5, 5.41) is 0. The fraction of sp³-hybridized carbons (Fsp3) is 0.357. The highest BCUT2D eigenvalue weighted by molar-refractivity contribution is 5.91. The Labute approximate surface area is 112 Å². The first-order valence-corrected chi connectivity index (χ1v) is 6.29. The van der Waals surface area contributed by atoms with Crippen LogP contribution in [0.25, 0.3) is 6.08 Å². The van der Waals surface area contributed by atoms with E-state index in [1.54, 1.807) is 41.3 Å². The summed E-state index contributed by atoms with van der Waals surface area (Å²) < 4.78 is 0. The van der Waals surface area contributed by atoms with Crippen LogP contribution in [0.1, 0.15) is 12.5 Å². The van der Waals surface area contributed by atoms with E-state index in [1.165, 1.54) is 0 Å². The van der Waals surface area contributed by atoms with E-state index in [-0.39, 0.29) is 11.8 Å². The van der Waals surface area contributed by atoms with Gasteiger partial charge in [-0.1, -0.05) is 6.07 Å². The van der Waals surface area contributed by atoms with Gasteiger partial charge in [-0.3, -0.25) is 14.6 Å². The minimum Gasteiger partial charge on any atom is -0.339 e. The van der Waals surface area contributed by atoms with Crippen LogP contribution in [-0.4, -0.2) is 52.8 Å². The fourth-order valence-corrected chi connectivity index (χ4v) is 1.99. The van der Waals surface area contributed by atoms with Crippen LogP contribution in [0.4, 0.5) is 0 Å². The lowest BCUT2D eigenvalue weighted by atomic mass is 10.2. The molecule has 2 heterocycles. The van der Waals surface area contributed by atoms with E-state index < -0.39 is 0 Å². The third-order valence-electron chi connectivity index (χ3n) is 3.14. The Bertz CT molecular complexity index is 477. The lowest BCUT2D eigenvalue weighted by Crippen LogP contribution is -2.49. The van der Waals surface area contributed by atoms with Crippen molar-refractivity contribution < 1.29 is 9.59 Å². The molecule has 0 spiro atoms. The van der Waals surface area contributed by atoms with Crippen molar-refractivity contribution >= 4 is 17.9 Å². The van der Waals surface area contributed by atoms with E-state index >= 15 is 0 Å². The Morgan fingerprint density at radius 1 is 1.21 bits per heavy atom. The second-order valence-electron chi connectivity index (χ2n) is 4.45. The van der Waals surface area contributed by atoms with Crippen LogP contribution >= 0.6 is 0 Å². The van der Waals surface area contributed by atoms with Crippen molar-refractivity contribution in [2.45, 2.75) is 6.92 Å². The van der Waals surface area contributed by atoms with Gasteiger partial charge >= 0.3 is 0 Å². The van der Waals surface area contributed by atoms with E-state index in [4.69, 9.17) is 0 Å². The van der Waals surface area contributed by atoms with Crippen molar-refractivity contribution in [1.29, 1.82) is 0 Å². The van der Waals surface area contributed by atoms with Gasteiger partial charge in [-0.15, -0.1) is 0 Å². The summed E-state index contributed by atoms with van der Waals surface area (Å²) in [6.07, 6.45) is 6.71. The van der Waals surface area contributed by atoms with Crippen molar-refractivity contribution in [2.24, 2.45) is 0 Å². The number of carbonyl (C=O) groups is 2. The molecule has 2 rings (SSSR count). The number of nitrogens with zero attached hydrogens (tertiary/aromatic N) is 3. The number of hydrogen-bond acceptors (Lipinski definition) is 3. The van der Waals surface area contributed by atoms with E-state index in [0.29, 0.717) is 26.2 Å². The normalized spacial score (nSPS) is 15.8. The van der Waals surface area contributed by atoms with E-state index in [9.17, 15) is 9.59 Å². The predicted octanol–water partition coefficient (Wildman–Crippen LogP) is 0.786. The van der Waals surface area contributed by atoms with Gasteiger partial charge in [-0.05, 0) is 17.7 Å². The van der Waals surface area contributed by atoms with Crippen molar-refractivity contribution in [3.8, 4) is 0 Å². The van der Waals surface area contributed by atoms with Crippen molar-refractivity contribution in [3.05, 3.63) is 36.2 Å². The number of pyridine rings is 1. The molecule has 1 aromatic heterocycles. The molecule has 0 aliphatic carbocycles. The molecule has 0 N–H and O–H groups in total. The topological polar surface area (TPSA) is 53.5 Å². The zero-order valence-electron chi connectivity index (χ0n) is 11.0. The molecule has 0 unspecified atom stereocenters. The van der Waals surface area contributed by atoms with E-state index in [0.717, 1.165) is 5.56 Å². The molecule has 1 aliphatic rings. The minimum absolute atomic E-state index is 0.0212. The summed E-state index contributed by atoms with van der Waals surface area (Å²) >= 11 is 0. The Balaban J connectivity index is 1.88. The number of aromatic nitrogens is 1. The summed E-state index contributed by atoms with van der Waals surface area (Å²) in [4.78, 5) is 30.6. The largest absolute Gasteiger partial charge is 0.339 e. The molecule has 1 aromatic rings. The second-order valence-corrected chi connectivity index (χ2v) is 4.45. The van der Waals surface area contributed by atoms with Crippen molar-refractivity contribution in [2.75, 3.05) is 26.2 Å². The monoisotopic (exact) mass is 259 g/mol. The Hall–Kier alpha value is -2.17. The van der Waals surface area contributed by atoms with Gasteiger partial charge in [0, 0.05) is 51.6 Å². The van der Waals surface area contributed by atoms with Crippen LogP contribution < -0.4 is 0 Å². The van der Waals surface area contributed by atoms with Crippen LogP contribution in [0, 0.1) is 0 Å². The van der Waals surface area contributed by atoms with Gasteiger partial charge in [-0.25, -0.2) is 0 Å². The zero-order chi connectivity index (χ0) is 13.7. The third-order valence-corrected chi connectivity index (χ3v) is 3.14. The number of carbonyl (C=O) groups excluding carboxylic acids is 2. The van der Waals surface area contributed by atoms with Crippen molar-refractivity contribution in [1.82, 2.24) is 14.8 Å². The average molecular weight is 259 g/mol. The number of amides is 2. The summed E-state index contributed by atoms with van der Waals surface area (Å²) in [6.45, 7) is 3.97. The molecule has 1 fully saturated rings. The first kappa shape index (κ1) is 13.3. The molecule has 19 heavy (non-hydrogen) atoms. The standard InChI is InChI=1S/C14H17N3O2/c1-12(18)16-7-9-17(10-8-16)14(19)5-4-13-3-2-6-15-11-13/h2-6,11H,7-10H2,1H3/b5-4+. The number of piperazine rings is 1. The van der Waals surface area contributed by atoms with Crippen LogP contribution in [0.5, 0.6) is 0 Å². The highest BCUT2D eigenvalue weighted by atomic mass is 16.2. The first-order valence-electron chi connectivity index (χ1n) is 6.29. The maximum atomic E-state index is 12.0. The van der Waals surface area contributed by atoms with Crippen LogP contribution in [0.15, 0.2) is 30.6 Å². The van der Waals surface area contributed by atoms with Gasteiger partial charge in [0.25, 0.3) is 0 Å². The zero-order valence-corrected chi connectivity index (χ0v) is 11.0. The molecule has 0 atom stereocenters. The number of hydrogen-bond donors (Lipinski definition) is 0. The van der Waals surface area contributed by atoms with Crippen molar-refractivity contribution in [3.63, 3.8) is 0 Å². The maximum Gasteiger partial charge on any atom is 0.246 e. The fourth-order valence-electron chi connectivity index (χ4n) is 1.99. The van der Waals surface area contributed by atoms with Gasteiger partial charge in [-0.2, -0.15) is 0 Å². The van der Waals surface area contributed by atoms with E-state index in [2.05, 4.69) is 4.98 Å². The van der Waals surface area contributed by atoms with Gasteiger partial charge in [0.1, 0.15) is 0 Å². The van der Waals surface area contributed by atoms with E-state index in [1.807, 2.05) is 12.1 Å². The molecule has 0 aromatic carbocycles.